The maximum atomic E-state index is 13.9. The number of carbonyl (C=O) groups is 6. The first-order chi connectivity index (χ1) is 25.4. The lowest BCUT2D eigenvalue weighted by atomic mass is 10.0. The third-order valence-corrected chi connectivity index (χ3v) is 8.86. The molecule has 6 amide bonds. The van der Waals surface area contributed by atoms with Crippen molar-refractivity contribution in [2.24, 2.45) is 17.4 Å². The zero-order valence-corrected chi connectivity index (χ0v) is 31.1. The summed E-state index contributed by atoms with van der Waals surface area (Å²) in [5, 5.41) is 13.4. The van der Waals surface area contributed by atoms with Crippen LogP contribution in [0.15, 0.2) is 73.2 Å². The van der Waals surface area contributed by atoms with Gasteiger partial charge in [0.1, 0.15) is 24.2 Å². The number of amides is 6. The predicted octanol–water partition coefficient (Wildman–Crippen LogP) is 0.105. The van der Waals surface area contributed by atoms with Gasteiger partial charge in [-0.15, -0.1) is 0 Å². The van der Waals surface area contributed by atoms with E-state index in [2.05, 4.69) is 36.6 Å². The van der Waals surface area contributed by atoms with E-state index in [9.17, 15) is 28.8 Å². The number of imidazole rings is 1. The van der Waals surface area contributed by atoms with Gasteiger partial charge in [-0.05, 0) is 41.9 Å². The summed E-state index contributed by atoms with van der Waals surface area (Å²) in [7, 11) is 0. The average molecular weight is 750 g/mol. The molecule has 10 N–H and O–H groups in total. The van der Waals surface area contributed by atoms with Gasteiger partial charge in [0.2, 0.25) is 35.4 Å². The van der Waals surface area contributed by atoms with E-state index in [4.69, 9.17) is 11.5 Å². The number of nitrogens with one attached hydrogen (secondary N) is 6. The Morgan fingerprint density at radius 2 is 1.28 bits per heavy atom. The SMILES string of the molecule is CSCCC(NC(=O)C(CC(C)C)NC(=O)CNC(=O)C(Cc1ccccc1)NC(=O)C(Cc1ccccc1)NC(=O)C(N)Cc1cnc[nH]1)C(N)=O. The van der Waals surface area contributed by atoms with E-state index in [1.807, 2.05) is 56.5 Å². The summed E-state index contributed by atoms with van der Waals surface area (Å²) in [6, 6.07) is 13.0. The molecule has 2 aromatic carbocycles. The second-order valence-corrected chi connectivity index (χ2v) is 14.1. The molecule has 0 saturated carbocycles. The number of primary amides is 1. The van der Waals surface area contributed by atoms with E-state index in [-0.39, 0.29) is 31.6 Å². The van der Waals surface area contributed by atoms with Gasteiger partial charge in [-0.1, -0.05) is 74.5 Å². The predicted molar refractivity (Wildman–Crippen MR) is 203 cm³/mol. The Balaban J connectivity index is 1.74. The molecule has 0 fully saturated rings. The number of rotatable bonds is 22. The Morgan fingerprint density at radius 1 is 0.736 bits per heavy atom. The first-order valence-corrected chi connectivity index (χ1v) is 18.8. The summed E-state index contributed by atoms with van der Waals surface area (Å²) in [5.41, 5.74) is 13.8. The Kier molecular flexibility index (Phi) is 17.5. The molecule has 5 unspecified atom stereocenters. The van der Waals surface area contributed by atoms with Gasteiger partial charge in [-0.2, -0.15) is 11.8 Å². The van der Waals surface area contributed by atoms with Gasteiger partial charge in [0, 0.05) is 31.2 Å². The van der Waals surface area contributed by atoms with Crippen LogP contribution in [0, 0.1) is 5.92 Å². The van der Waals surface area contributed by atoms with E-state index >= 15 is 0 Å². The standard InChI is InChI=1S/C37H51N9O6S/c1-23(2)16-29(36(51)44-28(33(39)48)14-15-53-3)43-32(47)21-41-35(50)30(17-24-10-6-4-7-11-24)46-37(52)31(18-25-12-8-5-9-13-25)45-34(49)27(38)19-26-20-40-22-42-26/h4-13,20,22-23,27-31H,14-19,21,38H2,1-3H3,(H2,39,48)(H,40,42)(H,41,50)(H,43,47)(H,44,51)(H,45,49)(H,46,52). The summed E-state index contributed by atoms with van der Waals surface area (Å²) < 4.78 is 0. The number of nitrogens with zero attached hydrogens (tertiary/aromatic N) is 1. The maximum absolute atomic E-state index is 13.9. The van der Waals surface area contributed by atoms with Crippen LogP contribution in [0.4, 0.5) is 0 Å². The molecule has 5 atom stereocenters. The summed E-state index contributed by atoms with van der Waals surface area (Å²) >= 11 is 1.50. The summed E-state index contributed by atoms with van der Waals surface area (Å²) in [6.45, 7) is 3.26. The number of aromatic amines is 1. The van der Waals surface area contributed by atoms with E-state index in [1.54, 1.807) is 30.5 Å². The molecule has 1 aromatic heterocycles. The Labute approximate surface area is 314 Å². The van der Waals surface area contributed by atoms with Gasteiger partial charge < -0.3 is 43.0 Å². The van der Waals surface area contributed by atoms with Crippen molar-refractivity contribution in [2.45, 2.75) is 76.2 Å². The quantitative estimate of drug-likeness (QED) is 0.0694. The Morgan fingerprint density at radius 3 is 1.81 bits per heavy atom. The summed E-state index contributed by atoms with van der Waals surface area (Å²) in [4.78, 5) is 85.7. The molecule has 3 rings (SSSR count). The van der Waals surface area contributed by atoms with E-state index in [0.29, 0.717) is 17.9 Å². The van der Waals surface area contributed by atoms with Crippen LogP contribution in [0.1, 0.15) is 43.5 Å². The summed E-state index contributed by atoms with van der Waals surface area (Å²) in [5.74, 6) is -3.14. The number of aromatic nitrogens is 2. The van der Waals surface area contributed by atoms with Crippen molar-refractivity contribution in [1.82, 2.24) is 36.6 Å². The highest BCUT2D eigenvalue weighted by atomic mass is 32.2. The topological polar surface area (TPSA) is 243 Å². The van der Waals surface area contributed by atoms with Crippen LogP contribution in [0.2, 0.25) is 0 Å². The van der Waals surface area contributed by atoms with Crippen molar-refractivity contribution in [3.8, 4) is 0 Å². The molecule has 16 heteroatoms. The largest absolute Gasteiger partial charge is 0.368 e. The van der Waals surface area contributed by atoms with E-state index in [0.717, 1.165) is 11.1 Å². The van der Waals surface area contributed by atoms with Gasteiger partial charge in [0.15, 0.2) is 0 Å². The van der Waals surface area contributed by atoms with Crippen LogP contribution in [-0.4, -0.2) is 94.2 Å². The van der Waals surface area contributed by atoms with Crippen molar-refractivity contribution in [3.63, 3.8) is 0 Å². The molecular weight excluding hydrogens is 699 g/mol. The fraction of sp³-hybridized carbons (Fsp3) is 0.432. The third-order valence-electron chi connectivity index (χ3n) is 8.22. The minimum absolute atomic E-state index is 0.00804. The number of benzene rings is 2. The first-order valence-electron chi connectivity index (χ1n) is 17.4. The maximum Gasteiger partial charge on any atom is 0.243 e. The second-order valence-electron chi connectivity index (χ2n) is 13.1. The van der Waals surface area contributed by atoms with Crippen LogP contribution in [-0.2, 0) is 48.0 Å². The van der Waals surface area contributed by atoms with Crippen molar-refractivity contribution in [1.29, 1.82) is 0 Å². The van der Waals surface area contributed by atoms with Crippen LogP contribution in [0.3, 0.4) is 0 Å². The molecule has 0 saturated heterocycles. The monoisotopic (exact) mass is 749 g/mol. The lowest BCUT2D eigenvalue weighted by molar-refractivity contribution is -0.133. The molecule has 0 aliphatic heterocycles. The summed E-state index contributed by atoms with van der Waals surface area (Å²) in [6.07, 6.45) is 5.86. The van der Waals surface area contributed by atoms with Crippen molar-refractivity contribution < 1.29 is 28.8 Å². The first kappa shape index (κ1) is 42.2. The van der Waals surface area contributed by atoms with Gasteiger partial charge in [0.05, 0.1) is 18.9 Å². The molecule has 0 bridgehead atoms. The van der Waals surface area contributed by atoms with E-state index < -0.39 is 72.2 Å². The van der Waals surface area contributed by atoms with Gasteiger partial charge in [-0.3, -0.25) is 28.8 Å². The van der Waals surface area contributed by atoms with Crippen molar-refractivity contribution >= 4 is 47.2 Å². The number of thioether (sulfide) groups is 1. The normalized spacial score (nSPS) is 13.8. The van der Waals surface area contributed by atoms with Crippen molar-refractivity contribution in [2.75, 3.05) is 18.6 Å². The van der Waals surface area contributed by atoms with Crippen LogP contribution >= 0.6 is 11.8 Å². The van der Waals surface area contributed by atoms with Crippen LogP contribution < -0.4 is 38.1 Å². The second kappa shape index (κ2) is 22.0. The molecule has 286 valence electrons. The lowest BCUT2D eigenvalue weighted by Crippen LogP contribution is -2.58. The fourth-order valence-corrected chi connectivity index (χ4v) is 5.90. The highest BCUT2D eigenvalue weighted by Gasteiger charge is 2.30. The molecule has 53 heavy (non-hydrogen) atoms. The third kappa shape index (κ3) is 15.1. The van der Waals surface area contributed by atoms with Crippen LogP contribution in [0.25, 0.3) is 0 Å². The number of H-pyrrole nitrogens is 1. The molecule has 0 spiro atoms. The van der Waals surface area contributed by atoms with Gasteiger partial charge in [0.25, 0.3) is 0 Å². The minimum Gasteiger partial charge on any atom is -0.368 e. The number of hydrogen-bond acceptors (Lipinski definition) is 9. The van der Waals surface area contributed by atoms with Crippen LogP contribution in [0.5, 0.6) is 0 Å². The molecule has 0 radical (unpaired) electrons. The molecule has 0 aliphatic rings. The minimum atomic E-state index is -1.14. The zero-order chi connectivity index (χ0) is 38.8. The Bertz CT molecular complexity index is 1630. The smallest absolute Gasteiger partial charge is 0.243 e. The highest BCUT2D eigenvalue weighted by molar-refractivity contribution is 7.98. The molecule has 15 nitrogen and oxygen atoms in total. The zero-order valence-electron chi connectivity index (χ0n) is 30.3. The number of hydrogen-bond donors (Lipinski definition) is 8. The molecule has 0 aliphatic carbocycles. The number of nitrogens with two attached hydrogens (primary N) is 2. The fourth-order valence-electron chi connectivity index (χ4n) is 5.43. The van der Waals surface area contributed by atoms with Gasteiger partial charge in [-0.25, -0.2) is 4.98 Å². The average Bonchev–Trinajstić information content (AvgIpc) is 3.65. The van der Waals surface area contributed by atoms with Gasteiger partial charge >= 0.3 is 0 Å². The molecule has 1 heterocycles. The molecule has 3 aromatic rings. The number of carbonyl (C=O) groups excluding carboxylic acids is 6. The van der Waals surface area contributed by atoms with E-state index in [1.165, 1.54) is 18.1 Å². The Hall–Kier alpha value is -5.22. The van der Waals surface area contributed by atoms with Crippen molar-refractivity contribution in [3.05, 3.63) is 90.0 Å². The molecular formula is C37H51N9O6S. The lowest BCUT2D eigenvalue weighted by Gasteiger charge is -2.25. The highest BCUT2D eigenvalue weighted by Crippen LogP contribution is 2.10.